The Bertz CT molecular complexity index is 782. The molecule has 3 heterocycles. The zero-order valence-electron chi connectivity index (χ0n) is 12.8. The summed E-state index contributed by atoms with van der Waals surface area (Å²) in [6, 6.07) is 1.74. The highest BCUT2D eigenvalue weighted by Crippen LogP contribution is 2.32. The average molecular weight is 302 g/mol. The number of hydrogen-bond acceptors (Lipinski definition) is 4. The van der Waals surface area contributed by atoms with E-state index in [2.05, 4.69) is 15.2 Å². The maximum atomic E-state index is 12.8. The summed E-state index contributed by atoms with van der Waals surface area (Å²) in [5.74, 6) is -1.02. The summed E-state index contributed by atoms with van der Waals surface area (Å²) in [5.41, 5.74) is 1.67. The number of fused-ring (bicyclic) bond motifs is 1. The molecule has 1 fully saturated rings. The number of carbonyl (C=O) groups excluding carboxylic acids is 1. The number of nitrogens with zero attached hydrogens (tertiary/aromatic N) is 3. The second kappa shape index (κ2) is 4.79. The molecule has 1 saturated heterocycles. The van der Waals surface area contributed by atoms with Gasteiger partial charge in [0.1, 0.15) is 0 Å². The molecular formula is C15H18N4O3. The molecule has 1 amide bonds. The van der Waals surface area contributed by atoms with E-state index in [9.17, 15) is 14.7 Å². The van der Waals surface area contributed by atoms with Crippen LogP contribution in [-0.2, 0) is 4.79 Å². The minimum atomic E-state index is -0.873. The average Bonchev–Trinajstić information content (AvgIpc) is 3.02. The molecule has 7 nitrogen and oxygen atoms in total. The number of carbonyl (C=O) groups is 2. The fraction of sp³-hybridized carbons (Fsp3) is 0.467. The molecule has 0 aliphatic carbocycles. The van der Waals surface area contributed by atoms with Gasteiger partial charge < -0.3 is 10.0 Å². The summed E-state index contributed by atoms with van der Waals surface area (Å²) >= 11 is 0. The predicted octanol–water partition coefficient (Wildman–Crippen LogP) is 1.51. The zero-order chi connectivity index (χ0) is 16.1. The number of rotatable bonds is 2. The lowest BCUT2D eigenvalue weighted by Crippen LogP contribution is -2.35. The highest BCUT2D eigenvalue weighted by Gasteiger charge is 2.42. The summed E-state index contributed by atoms with van der Waals surface area (Å²) in [4.78, 5) is 30.1. The second-order valence-corrected chi connectivity index (χ2v) is 6.20. The summed E-state index contributed by atoms with van der Waals surface area (Å²) in [6.07, 6.45) is 0.464. The normalized spacial score (nSPS) is 21.5. The molecule has 22 heavy (non-hydrogen) atoms. The first-order chi connectivity index (χ1) is 10.3. The minimum Gasteiger partial charge on any atom is -0.481 e. The molecule has 0 aromatic carbocycles. The number of likely N-dealkylation sites (tertiary alicyclic amines) is 1. The van der Waals surface area contributed by atoms with Gasteiger partial charge in [-0.1, -0.05) is 0 Å². The Morgan fingerprint density at radius 1 is 1.41 bits per heavy atom. The van der Waals surface area contributed by atoms with Crippen LogP contribution in [0, 0.1) is 19.3 Å². The first-order valence-electron chi connectivity index (χ1n) is 7.17. The molecule has 1 aliphatic rings. The Balaban J connectivity index is 2.00. The van der Waals surface area contributed by atoms with Crippen LogP contribution in [0.5, 0.6) is 0 Å². The van der Waals surface area contributed by atoms with Crippen molar-refractivity contribution < 1.29 is 14.7 Å². The largest absolute Gasteiger partial charge is 0.481 e. The van der Waals surface area contributed by atoms with Gasteiger partial charge >= 0.3 is 5.97 Å². The quantitative estimate of drug-likeness (QED) is 0.876. The van der Waals surface area contributed by atoms with Gasteiger partial charge in [0.05, 0.1) is 16.4 Å². The second-order valence-electron chi connectivity index (χ2n) is 6.20. The van der Waals surface area contributed by atoms with Crippen molar-refractivity contribution in [1.29, 1.82) is 0 Å². The highest BCUT2D eigenvalue weighted by atomic mass is 16.4. The first kappa shape index (κ1) is 14.5. The Morgan fingerprint density at radius 3 is 2.77 bits per heavy atom. The first-order valence-corrected chi connectivity index (χ1v) is 7.17. The molecule has 0 saturated carbocycles. The van der Waals surface area contributed by atoms with Gasteiger partial charge in [0, 0.05) is 24.5 Å². The maximum Gasteiger partial charge on any atom is 0.311 e. The number of nitrogens with one attached hydrogen (secondary N) is 1. The van der Waals surface area contributed by atoms with E-state index in [4.69, 9.17) is 0 Å². The van der Waals surface area contributed by atoms with E-state index in [0.29, 0.717) is 35.3 Å². The van der Waals surface area contributed by atoms with Gasteiger partial charge in [-0.05, 0) is 33.3 Å². The van der Waals surface area contributed by atoms with Crippen molar-refractivity contribution in [2.24, 2.45) is 5.41 Å². The molecule has 116 valence electrons. The van der Waals surface area contributed by atoms with Gasteiger partial charge in [0.2, 0.25) is 0 Å². The molecule has 2 N–H and O–H groups in total. The lowest BCUT2D eigenvalue weighted by Gasteiger charge is -2.20. The molecule has 0 spiro atoms. The van der Waals surface area contributed by atoms with Gasteiger partial charge in [-0.15, -0.1) is 0 Å². The molecule has 1 aliphatic heterocycles. The molecular weight excluding hydrogens is 284 g/mol. The third-order valence-corrected chi connectivity index (χ3v) is 4.34. The summed E-state index contributed by atoms with van der Waals surface area (Å²) < 4.78 is 0. The van der Waals surface area contributed by atoms with Crippen LogP contribution < -0.4 is 0 Å². The topological polar surface area (TPSA) is 99.2 Å². The number of hydrogen-bond donors (Lipinski definition) is 2. The number of carboxylic acids is 1. The smallest absolute Gasteiger partial charge is 0.311 e. The van der Waals surface area contributed by atoms with Crippen molar-refractivity contribution in [1.82, 2.24) is 20.1 Å². The van der Waals surface area contributed by atoms with Crippen molar-refractivity contribution in [2.75, 3.05) is 13.1 Å². The van der Waals surface area contributed by atoms with Crippen LogP contribution >= 0.6 is 0 Å². The fourth-order valence-electron chi connectivity index (χ4n) is 2.95. The van der Waals surface area contributed by atoms with Crippen molar-refractivity contribution in [3.63, 3.8) is 0 Å². The van der Waals surface area contributed by atoms with Crippen LogP contribution in [0.2, 0.25) is 0 Å². The van der Waals surface area contributed by atoms with E-state index in [0.717, 1.165) is 5.69 Å². The van der Waals surface area contributed by atoms with Gasteiger partial charge in [-0.25, -0.2) is 4.98 Å². The van der Waals surface area contributed by atoms with Crippen molar-refractivity contribution >= 4 is 22.9 Å². The molecule has 7 heteroatoms. The van der Waals surface area contributed by atoms with Crippen LogP contribution in [0.15, 0.2) is 6.07 Å². The number of aryl methyl sites for hydroxylation is 2. The van der Waals surface area contributed by atoms with E-state index in [-0.39, 0.29) is 12.5 Å². The molecule has 3 rings (SSSR count). The number of carboxylic acid groups (broad SMARTS) is 1. The standard InChI is InChI=1S/C15H18N4O3/c1-8-6-10(11-9(2)17-18-12(11)16-8)13(20)19-5-4-15(3,7-19)14(21)22/h6H,4-5,7H2,1-3H3,(H,21,22)(H,16,17,18). The van der Waals surface area contributed by atoms with Crippen molar-refractivity contribution in [3.05, 3.63) is 23.0 Å². The van der Waals surface area contributed by atoms with E-state index in [1.54, 1.807) is 17.9 Å². The Hall–Kier alpha value is -2.44. The van der Waals surface area contributed by atoms with Crippen LogP contribution in [-0.4, -0.2) is 50.2 Å². The molecule has 1 unspecified atom stereocenters. The lowest BCUT2D eigenvalue weighted by molar-refractivity contribution is -0.147. The Labute approximate surface area is 127 Å². The minimum absolute atomic E-state index is 0.162. The predicted molar refractivity (Wildman–Crippen MR) is 79.6 cm³/mol. The number of amides is 1. The molecule has 0 bridgehead atoms. The number of aliphatic carboxylic acids is 1. The van der Waals surface area contributed by atoms with Gasteiger partial charge in [0.15, 0.2) is 5.65 Å². The molecule has 2 aromatic heterocycles. The van der Waals surface area contributed by atoms with Gasteiger partial charge in [-0.2, -0.15) is 5.10 Å². The van der Waals surface area contributed by atoms with Crippen LogP contribution in [0.1, 0.15) is 35.1 Å². The van der Waals surface area contributed by atoms with E-state index >= 15 is 0 Å². The monoisotopic (exact) mass is 302 g/mol. The number of aromatic nitrogens is 3. The number of H-pyrrole nitrogens is 1. The number of pyridine rings is 1. The lowest BCUT2D eigenvalue weighted by atomic mass is 9.90. The van der Waals surface area contributed by atoms with Gasteiger partial charge in [0.25, 0.3) is 5.91 Å². The Kier molecular flexibility index (Phi) is 3.16. The molecule has 0 radical (unpaired) electrons. The summed E-state index contributed by atoms with van der Waals surface area (Å²) in [6.45, 7) is 6.00. The fourth-order valence-corrected chi connectivity index (χ4v) is 2.95. The molecule has 2 aromatic rings. The Morgan fingerprint density at radius 2 is 2.14 bits per heavy atom. The number of aromatic amines is 1. The van der Waals surface area contributed by atoms with Crippen LogP contribution in [0.4, 0.5) is 0 Å². The van der Waals surface area contributed by atoms with E-state index < -0.39 is 11.4 Å². The third kappa shape index (κ3) is 2.13. The van der Waals surface area contributed by atoms with E-state index in [1.165, 1.54) is 0 Å². The van der Waals surface area contributed by atoms with Gasteiger partial charge in [-0.3, -0.25) is 14.7 Å². The SMILES string of the molecule is Cc1cc(C(=O)N2CCC(C)(C(=O)O)C2)c2c(C)[nH]nc2n1. The van der Waals surface area contributed by atoms with Crippen molar-refractivity contribution in [3.8, 4) is 0 Å². The van der Waals surface area contributed by atoms with Crippen LogP contribution in [0.25, 0.3) is 11.0 Å². The molecule has 1 atom stereocenters. The third-order valence-electron chi connectivity index (χ3n) is 4.34. The van der Waals surface area contributed by atoms with Crippen LogP contribution in [0.3, 0.4) is 0 Å². The zero-order valence-corrected chi connectivity index (χ0v) is 12.8. The highest BCUT2D eigenvalue weighted by molar-refractivity contribution is 6.06. The van der Waals surface area contributed by atoms with E-state index in [1.807, 2.05) is 13.8 Å². The summed E-state index contributed by atoms with van der Waals surface area (Å²) in [5, 5.41) is 17.0. The van der Waals surface area contributed by atoms with Crippen molar-refractivity contribution in [2.45, 2.75) is 27.2 Å². The maximum absolute atomic E-state index is 12.8. The summed E-state index contributed by atoms with van der Waals surface area (Å²) in [7, 11) is 0.